The van der Waals surface area contributed by atoms with Gasteiger partial charge in [-0.15, -0.1) is 0 Å². The third-order valence-electron chi connectivity index (χ3n) is 5.60. The van der Waals surface area contributed by atoms with Crippen molar-refractivity contribution in [3.05, 3.63) is 59.7 Å². The molecule has 3 aromatic rings. The number of imidazole rings is 1. The van der Waals surface area contributed by atoms with Crippen molar-refractivity contribution in [1.29, 1.82) is 0 Å². The molecule has 0 radical (unpaired) electrons. The van der Waals surface area contributed by atoms with Crippen LogP contribution in [0.4, 0.5) is 4.39 Å². The molecule has 164 valence electrons. The fourth-order valence-corrected chi connectivity index (χ4v) is 3.96. The number of amides is 1. The Bertz CT molecular complexity index is 1040. The van der Waals surface area contributed by atoms with Gasteiger partial charge in [-0.25, -0.2) is 9.37 Å². The van der Waals surface area contributed by atoms with Gasteiger partial charge in [-0.2, -0.15) is 0 Å². The molecule has 0 unspecified atom stereocenters. The van der Waals surface area contributed by atoms with Gasteiger partial charge in [0.2, 0.25) is 5.91 Å². The summed E-state index contributed by atoms with van der Waals surface area (Å²) in [5.41, 5.74) is 2.48. The van der Waals surface area contributed by atoms with E-state index in [0.717, 1.165) is 43.7 Å². The summed E-state index contributed by atoms with van der Waals surface area (Å²) >= 11 is 0. The van der Waals surface area contributed by atoms with E-state index in [1.165, 1.54) is 12.1 Å². The second-order valence-electron chi connectivity index (χ2n) is 8.10. The highest BCUT2D eigenvalue weighted by atomic mass is 19.1. The molecule has 1 aromatic heterocycles. The molecule has 1 aliphatic heterocycles. The molecule has 1 amide bonds. The van der Waals surface area contributed by atoms with Crippen LogP contribution in [0.15, 0.2) is 42.5 Å². The number of nitrogens with zero attached hydrogens (tertiary/aromatic N) is 2. The molecule has 7 heteroatoms. The van der Waals surface area contributed by atoms with Gasteiger partial charge >= 0.3 is 0 Å². The van der Waals surface area contributed by atoms with Crippen LogP contribution in [-0.2, 0) is 17.9 Å². The minimum absolute atomic E-state index is 0.0322. The zero-order valence-corrected chi connectivity index (χ0v) is 17.9. The van der Waals surface area contributed by atoms with Crippen LogP contribution in [0.5, 0.6) is 5.75 Å². The van der Waals surface area contributed by atoms with E-state index in [9.17, 15) is 9.18 Å². The first-order chi connectivity index (χ1) is 15.1. The van der Waals surface area contributed by atoms with Crippen LogP contribution in [0, 0.1) is 5.82 Å². The number of benzene rings is 2. The zero-order valence-electron chi connectivity index (χ0n) is 17.9. The Morgan fingerprint density at radius 2 is 2.19 bits per heavy atom. The van der Waals surface area contributed by atoms with Crippen LogP contribution in [0.2, 0.25) is 0 Å². The fourth-order valence-electron chi connectivity index (χ4n) is 3.96. The zero-order chi connectivity index (χ0) is 21.6. The maximum Gasteiger partial charge on any atom is 0.221 e. The fraction of sp³-hybridized carbons (Fsp3) is 0.417. The Morgan fingerprint density at radius 3 is 3.06 bits per heavy atom. The molecule has 0 saturated heterocycles. The Balaban J connectivity index is 1.31. The molecule has 0 saturated carbocycles. The lowest BCUT2D eigenvalue weighted by Gasteiger charge is -2.23. The van der Waals surface area contributed by atoms with Crippen LogP contribution >= 0.6 is 0 Å². The molecule has 0 spiro atoms. The van der Waals surface area contributed by atoms with Crippen molar-refractivity contribution in [2.45, 2.75) is 51.8 Å². The van der Waals surface area contributed by atoms with Gasteiger partial charge in [0, 0.05) is 31.6 Å². The minimum atomic E-state index is -0.313. The number of fused-ring (bicyclic) bond motifs is 2. The van der Waals surface area contributed by atoms with Crippen molar-refractivity contribution in [1.82, 2.24) is 20.2 Å². The van der Waals surface area contributed by atoms with E-state index < -0.39 is 0 Å². The van der Waals surface area contributed by atoms with Crippen LogP contribution in [0.3, 0.4) is 0 Å². The molecule has 2 heterocycles. The van der Waals surface area contributed by atoms with Crippen molar-refractivity contribution in [3.63, 3.8) is 0 Å². The monoisotopic (exact) mass is 424 g/mol. The number of carbonyl (C=O) groups is 1. The topological polar surface area (TPSA) is 70.2 Å². The molecule has 0 bridgehead atoms. The lowest BCUT2D eigenvalue weighted by Crippen LogP contribution is -2.36. The summed E-state index contributed by atoms with van der Waals surface area (Å²) in [6.45, 7) is 4.74. The normalized spacial score (nSPS) is 16.5. The van der Waals surface area contributed by atoms with E-state index in [1.807, 2.05) is 18.2 Å². The van der Waals surface area contributed by atoms with E-state index >= 15 is 0 Å². The van der Waals surface area contributed by atoms with Crippen LogP contribution in [0.1, 0.15) is 44.0 Å². The Hall–Kier alpha value is -2.93. The van der Waals surface area contributed by atoms with Crippen molar-refractivity contribution in [2.75, 3.05) is 13.1 Å². The number of para-hydroxylation sites is 1. The molecule has 6 nitrogen and oxygen atoms in total. The molecule has 4 rings (SSSR count). The van der Waals surface area contributed by atoms with Gasteiger partial charge in [-0.1, -0.05) is 31.5 Å². The van der Waals surface area contributed by atoms with Crippen molar-refractivity contribution < 1.29 is 13.9 Å². The summed E-state index contributed by atoms with van der Waals surface area (Å²) in [5, 5.41) is 2.91. The van der Waals surface area contributed by atoms with E-state index in [4.69, 9.17) is 4.74 Å². The van der Waals surface area contributed by atoms with Crippen LogP contribution < -0.4 is 10.1 Å². The average Bonchev–Trinajstić information content (AvgIpc) is 3.07. The number of hydrogen-bond acceptors (Lipinski definition) is 4. The maximum atomic E-state index is 13.3. The summed E-state index contributed by atoms with van der Waals surface area (Å²) in [6, 6.07) is 12.6. The number of carbonyl (C=O) groups excluding carboxylic acids is 1. The number of H-pyrrole nitrogens is 1. The van der Waals surface area contributed by atoms with Gasteiger partial charge in [-0.05, 0) is 37.1 Å². The number of nitrogens with one attached hydrogen (secondary N) is 2. The highest BCUT2D eigenvalue weighted by Gasteiger charge is 2.22. The van der Waals surface area contributed by atoms with Gasteiger partial charge in [-0.3, -0.25) is 9.69 Å². The predicted molar refractivity (Wildman–Crippen MR) is 118 cm³/mol. The SMILES string of the molecule is CCCC[C@@H]1CN(CCC(=O)NCc2nc3ccc(F)cc3[nH]2)Cc2ccccc2O1. The highest BCUT2D eigenvalue weighted by Crippen LogP contribution is 2.26. The van der Waals surface area contributed by atoms with E-state index in [0.29, 0.717) is 36.4 Å². The summed E-state index contributed by atoms with van der Waals surface area (Å²) in [6.07, 6.45) is 3.82. The van der Waals surface area contributed by atoms with Gasteiger partial charge in [0.15, 0.2) is 0 Å². The quantitative estimate of drug-likeness (QED) is 0.570. The molecule has 1 aliphatic rings. The average molecular weight is 425 g/mol. The third-order valence-corrected chi connectivity index (χ3v) is 5.60. The first-order valence-corrected chi connectivity index (χ1v) is 11.0. The van der Waals surface area contributed by atoms with Crippen molar-refractivity contribution >= 4 is 16.9 Å². The Labute approximate surface area is 181 Å². The predicted octanol–water partition coefficient (Wildman–Crippen LogP) is 4.16. The minimum Gasteiger partial charge on any atom is -0.489 e. The summed E-state index contributed by atoms with van der Waals surface area (Å²) in [7, 11) is 0. The Kier molecular flexibility index (Phi) is 6.82. The molecule has 2 N–H and O–H groups in total. The lowest BCUT2D eigenvalue weighted by atomic mass is 10.1. The number of halogens is 1. The Morgan fingerprint density at radius 1 is 1.32 bits per heavy atom. The van der Waals surface area contributed by atoms with Gasteiger partial charge < -0.3 is 15.0 Å². The second kappa shape index (κ2) is 9.92. The number of aromatic nitrogens is 2. The summed E-state index contributed by atoms with van der Waals surface area (Å²) < 4.78 is 19.6. The van der Waals surface area contributed by atoms with E-state index in [2.05, 4.69) is 33.2 Å². The third kappa shape index (κ3) is 5.61. The number of aromatic amines is 1. The first kappa shape index (κ1) is 21.3. The number of unbranched alkanes of at least 4 members (excludes halogenated alkanes) is 1. The maximum absolute atomic E-state index is 13.3. The van der Waals surface area contributed by atoms with Gasteiger partial charge in [0.05, 0.1) is 17.6 Å². The summed E-state index contributed by atoms with van der Waals surface area (Å²) in [4.78, 5) is 22.2. The molecule has 2 aromatic carbocycles. The van der Waals surface area contributed by atoms with E-state index in [1.54, 1.807) is 6.07 Å². The molecular formula is C24H29FN4O2. The standard InChI is InChI=1S/C24H29FN4O2/c1-2-3-7-19-16-29(15-17-6-4-5-8-22(17)31-19)12-11-24(30)26-14-23-27-20-10-9-18(25)13-21(20)28-23/h4-6,8-10,13,19H,2-3,7,11-12,14-16H2,1H3,(H,26,30)(H,27,28)/t19-/m1/s1. The van der Waals surface area contributed by atoms with Crippen LogP contribution in [-0.4, -0.2) is 40.0 Å². The molecule has 1 atom stereocenters. The molecule has 0 fully saturated rings. The van der Waals surface area contributed by atoms with Crippen LogP contribution in [0.25, 0.3) is 11.0 Å². The number of hydrogen-bond donors (Lipinski definition) is 2. The van der Waals surface area contributed by atoms with Gasteiger partial charge in [0.1, 0.15) is 23.5 Å². The number of ether oxygens (including phenoxy) is 1. The smallest absolute Gasteiger partial charge is 0.221 e. The molecule has 0 aliphatic carbocycles. The molecule has 31 heavy (non-hydrogen) atoms. The van der Waals surface area contributed by atoms with Gasteiger partial charge in [0.25, 0.3) is 0 Å². The second-order valence-corrected chi connectivity index (χ2v) is 8.10. The first-order valence-electron chi connectivity index (χ1n) is 11.0. The largest absolute Gasteiger partial charge is 0.489 e. The highest BCUT2D eigenvalue weighted by molar-refractivity contribution is 5.77. The lowest BCUT2D eigenvalue weighted by molar-refractivity contribution is -0.121. The molecular weight excluding hydrogens is 395 g/mol. The van der Waals surface area contributed by atoms with Crippen molar-refractivity contribution in [2.24, 2.45) is 0 Å². The summed E-state index contributed by atoms with van der Waals surface area (Å²) in [5.74, 6) is 1.23. The number of rotatable bonds is 8. The van der Waals surface area contributed by atoms with E-state index in [-0.39, 0.29) is 17.8 Å². The van der Waals surface area contributed by atoms with Crippen molar-refractivity contribution in [3.8, 4) is 5.75 Å².